The predicted molar refractivity (Wildman–Crippen MR) is 128 cm³/mol. The summed E-state index contributed by atoms with van der Waals surface area (Å²) in [5.74, 6) is -0.199. The van der Waals surface area contributed by atoms with Crippen LogP contribution < -0.4 is 15.0 Å². The molecular formula is C24H27F2N5O2S. The van der Waals surface area contributed by atoms with Gasteiger partial charge in [-0.2, -0.15) is 0 Å². The summed E-state index contributed by atoms with van der Waals surface area (Å²) in [6.45, 7) is 3.43. The van der Waals surface area contributed by atoms with Crippen LogP contribution in [0.15, 0.2) is 47.6 Å². The number of nitrogens with zero attached hydrogens (tertiary/aromatic N) is 4. The van der Waals surface area contributed by atoms with Gasteiger partial charge in [0.1, 0.15) is 17.4 Å². The number of methoxy groups -OCH3 is 1. The Hall–Kier alpha value is -3.14. The molecule has 0 spiro atoms. The molecule has 1 aliphatic heterocycles. The molecule has 1 fully saturated rings. The number of piperidine rings is 1. The van der Waals surface area contributed by atoms with Gasteiger partial charge in [-0.3, -0.25) is 9.36 Å². The fourth-order valence-corrected chi connectivity index (χ4v) is 4.77. The highest BCUT2D eigenvalue weighted by Crippen LogP contribution is 2.32. The van der Waals surface area contributed by atoms with Gasteiger partial charge in [-0.15, -0.1) is 10.2 Å². The third-order valence-electron chi connectivity index (χ3n) is 5.72. The van der Waals surface area contributed by atoms with E-state index in [-0.39, 0.29) is 17.2 Å². The summed E-state index contributed by atoms with van der Waals surface area (Å²) in [5.41, 5.74) is 1.02. The van der Waals surface area contributed by atoms with E-state index in [1.807, 2.05) is 28.8 Å². The molecule has 34 heavy (non-hydrogen) atoms. The zero-order chi connectivity index (χ0) is 24.1. The lowest BCUT2D eigenvalue weighted by Gasteiger charge is -2.28. The number of carbonyl (C=O) groups excluding carboxylic acids is 1. The molecule has 10 heteroatoms. The van der Waals surface area contributed by atoms with Crippen molar-refractivity contribution in [2.24, 2.45) is 0 Å². The number of carbonyl (C=O) groups is 1. The fraction of sp³-hybridized carbons (Fsp3) is 0.375. The molecule has 1 aromatic heterocycles. The van der Waals surface area contributed by atoms with E-state index in [4.69, 9.17) is 4.74 Å². The molecule has 1 atom stereocenters. The molecule has 2 aromatic carbocycles. The Labute approximate surface area is 201 Å². The molecule has 1 aliphatic rings. The number of anilines is 1. The monoisotopic (exact) mass is 487 g/mol. The maximum absolute atomic E-state index is 14.1. The second-order valence-corrected chi connectivity index (χ2v) is 9.02. The molecule has 0 aliphatic carbocycles. The fourth-order valence-electron chi connectivity index (χ4n) is 4.02. The molecule has 1 saturated heterocycles. The summed E-state index contributed by atoms with van der Waals surface area (Å²) in [4.78, 5) is 14.8. The Bertz CT molecular complexity index is 1150. The molecule has 3 aromatic rings. The van der Waals surface area contributed by atoms with Crippen molar-refractivity contribution in [3.63, 3.8) is 0 Å². The molecule has 1 unspecified atom stereocenters. The maximum Gasteiger partial charge on any atom is 0.232 e. The van der Waals surface area contributed by atoms with Crippen LogP contribution >= 0.6 is 11.8 Å². The topological polar surface area (TPSA) is 72.3 Å². The number of thioether (sulfide) groups is 1. The first-order chi connectivity index (χ1) is 16.5. The van der Waals surface area contributed by atoms with Crippen LogP contribution in [0.25, 0.3) is 5.69 Å². The zero-order valence-electron chi connectivity index (χ0n) is 19.1. The maximum atomic E-state index is 14.1. The molecular weight excluding hydrogens is 460 g/mol. The van der Waals surface area contributed by atoms with Crippen molar-refractivity contribution < 1.29 is 18.3 Å². The van der Waals surface area contributed by atoms with Crippen molar-refractivity contribution in [1.82, 2.24) is 20.1 Å². The Morgan fingerprint density at radius 1 is 1.15 bits per heavy atom. The summed E-state index contributed by atoms with van der Waals surface area (Å²) in [5, 5.41) is 12.1. The van der Waals surface area contributed by atoms with E-state index in [1.54, 1.807) is 14.0 Å². The summed E-state index contributed by atoms with van der Waals surface area (Å²) in [6.07, 6.45) is 3.36. The average molecular weight is 488 g/mol. The van der Waals surface area contributed by atoms with Gasteiger partial charge in [0.2, 0.25) is 11.9 Å². The normalized spacial score (nSPS) is 14.6. The lowest BCUT2D eigenvalue weighted by atomic mass is 10.1. The van der Waals surface area contributed by atoms with E-state index in [2.05, 4.69) is 20.4 Å². The molecule has 7 nitrogen and oxygen atoms in total. The van der Waals surface area contributed by atoms with Gasteiger partial charge in [0.25, 0.3) is 0 Å². The number of halogens is 2. The Balaban J connectivity index is 1.53. The Morgan fingerprint density at radius 3 is 2.65 bits per heavy atom. The van der Waals surface area contributed by atoms with Gasteiger partial charge in [-0.1, -0.05) is 30.0 Å². The van der Waals surface area contributed by atoms with Crippen LogP contribution in [0.1, 0.15) is 37.8 Å². The Kier molecular flexibility index (Phi) is 7.66. The zero-order valence-corrected chi connectivity index (χ0v) is 19.9. The highest BCUT2D eigenvalue weighted by Gasteiger charge is 2.24. The molecule has 180 valence electrons. The number of rotatable bonds is 8. The standard InChI is InChI=1S/C24H27F2N5O2S/c1-16(18-11-10-17(25)14-19(18)26)27-22(32)15-34-24-29-28-23(30-12-6-3-7-13-30)31(24)20-8-4-5-9-21(20)33-2/h4-5,8-11,14,16H,3,6-7,12-13,15H2,1-2H3,(H,27,32). The van der Waals surface area contributed by atoms with Crippen molar-refractivity contribution in [2.75, 3.05) is 30.9 Å². The minimum absolute atomic E-state index is 0.0560. The average Bonchev–Trinajstić information content (AvgIpc) is 3.27. The van der Waals surface area contributed by atoms with Gasteiger partial charge in [0.15, 0.2) is 5.16 Å². The van der Waals surface area contributed by atoms with Crippen molar-refractivity contribution in [1.29, 1.82) is 0 Å². The lowest BCUT2D eigenvalue weighted by molar-refractivity contribution is -0.119. The second kappa shape index (κ2) is 10.9. The van der Waals surface area contributed by atoms with E-state index in [0.29, 0.717) is 16.9 Å². The van der Waals surface area contributed by atoms with Crippen LogP contribution in [-0.4, -0.2) is 46.6 Å². The highest BCUT2D eigenvalue weighted by molar-refractivity contribution is 7.99. The molecule has 0 saturated carbocycles. The number of nitrogens with one attached hydrogen (secondary N) is 1. The van der Waals surface area contributed by atoms with Crippen molar-refractivity contribution >= 4 is 23.6 Å². The lowest BCUT2D eigenvalue weighted by Crippen LogP contribution is -2.32. The number of benzene rings is 2. The number of hydrogen-bond acceptors (Lipinski definition) is 6. The van der Waals surface area contributed by atoms with E-state index >= 15 is 0 Å². The summed E-state index contributed by atoms with van der Waals surface area (Å²) >= 11 is 1.24. The summed E-state index contributed by atoms with van der Waals surface area (Å²) in [6, 6.07) is 10.3. The van der Waals surface area contributed by atoms with Crippen LogP contribution in [-0.2, 0) is 4.79 Å². The van der Waals surface area contributed by atoms with Gasteiger partial charge >= 0.3 is 0 Å². The molecule has 1 amide bonds. The van der Waals surface area contributed by atoms with Crippen LogP contribution in [0.3, 0.4) is 0 Å². The first-order valence-electron chi connectivity index (χ1n) is 11.2. The summed E-state index contributed by atoms with van der Waals surface area (Å²) < 4.78 is 34.7. The van der Waals surface area contributed by atoms with E-state index in [1.165, 1.54) is 30.3 Å². The summed E-state index contributed by atoms with van der Waals surface area (Å²) in [7, 11) is 1.61. The van der Waals surface area contributed by atoms with E-state index in [0.717, 1.165) is 37.7 Å². The third kappa shape index (κ3) is 5.32. The van der Waals surface area contributed by atoms with E-state index in [9.17, 15) is 13.6 Å². The quantitative estimate of drug-likeness (QED) is 0.472. The van der Waals surface area contributed by atoms with Gasteiger partial charge in [-0.25, -0.2) is 8.78 Å². The van der Waals surface area contributed by atoms with E-state index < -0.39 is 17.7 Å². The van der Waals surface area contributed by atoms with Crippen LogP contribution in [0.4, 0.5) is 14.7 Å². The third-order valence-corrected chi connectivity index (χ3v) is 6.65. The molecule has 2 heterocycles. The number of para-hydroxylation sites is 2. The smallest absolute Gasteiger partial charge is 0.232 e. The first-order valence-corrected chi connectivity index (χ1v) is 12.2. The van der Waals surface area contributed by atoms with Crippen LogP contribution in [0, 0.1) is 11.6 Å². The van der Waals surface area contributed by atoms with Gasteiger partial charge in [0.05, 0.1) is 24.6 Å². The minimum atomic E-state index is -0.692. The van der Waals surface area contributed by atoms with Crippen LogP contribution in [0.5, 0.6) is 5.75 Å². The number of hydrogen-bond donors (Lipinski definition) is 1. The molecule has 0 radical (unpaired) electrons. The largest absolute Gasteiger partial charge is 0.495 e. The first kappa shape index (κ1) is 24.0. The molecule has 1 N–H and O–H groups in total. The second-order valence-electron chi connectivity index (χ2n) is 8.08. The molecule has 0 bridgehead atoms. The predicted octanol–water partition coefficient (Wildman–Crippen LogP) is 4.51. The van der Waals surface area contributed by atoms with Gasteiger partial charge in [0, 0.05) is 24.7 Å². The molecule has 4 rings (SSSR count). The van der Waals surface area contributed by atoms with Gasteiger partial charge < -0.3 is 15.0 Å². The Morgan fingerprint density at radius 2 is 1.91 bits per heavy atom. The van der Waals surface area contributed by atoms with Crippen molar-refractivity contribution in [3.8, 4) is 11.4 Å². The SMILES string of the molecule is COc1ccccc1-n1c(SCC(=O)NC(C)c2ccc(F)cc2F)nnc1N1CCCCC1. The van der Waals surface area contributed by atoms with Crippen LogP contribution in [0.2, 0.25) is 0 Å². The number of amides is 1. The van der Waals surface area contributed by atoms with Crippen molar-refractivity contribution in [3.05, 3.63) is 59.7 Å². The highest BCUT2D eigenvalue weighted by atomic mass is 32.2. The number of aromatic nitrogens is 3. The van der Waals surface area contributed by atoms with Gasteiger partial charge in [-0.05, 0) is 44.4 Å². The number of ether oxygens (including phenoxy) is 1. The minimum Gasteiger partial charge on any atom is -0.495 e. The van der Waals surface area contributed by atoms with Crippen molar-refractivity contribution in [2.45, 2.75) is 37.4 Å².